The summed E-state index contributed by atoms with van der Waals surface area (Å²) in [5.41, 5.74) is 2.13. The predicted molar refractivity (Wildman–Crippen MR) is 49.0 cm³/mol. The Morgan fingerprint density at radius 3 is 3.23 bits per heavy atom. The SMILES string of the molecule is CCN1Cc2cccnc2CC1=O. The standard InChI is InChI=1S/C10H12N2O/c1-2-12-7-8-4-3-5-11-9(8)6-10(12)13/h3-5H,2,6-7H2,1H3. The third kappa shape index (κ3) is 1.41. The molecule has 68 valence electrons. The quantitative estimate of drug-likeness (QED) is 0.639. The Bertz CT molecular complexity index is 335. The first-order valence-electron chi connectivity index (χ1n) is 4.52. The molecule has 13 heavy (non-hydrogen) atoms. The summed E-state index contributed by atoms with van der Waals surface area (Å²) in [4.78, 5) is 17.5. The lowest BCUT2D eigenvalue weighted by Gasteiger charge is -2.26. The van der Waals surface area contributed by atoms with Crippen LogP contribution in [0.1, 0.15) is 18.2 Å². The van der Waals surface area contributed by atoms with E-state index >= 15 is 0 Å². The normalized spacial score (nSPS) is 15.8. The summed E-state index contributed by atoms with van der Waals surface area (Å²) in [6.45, 7) is 3.50. The molecule has 1 aromatic heterocycles. The maximum absolute atomic E-state index is 11.5. The number of pyridine rings is 1. The van der Waals surface area contributed by atoms with Gasteiger partial charge in [0.2, 0.25) is 5.91 Å². The minimum absolute atomic E-state index is 0.189. The van der Waals surface area contributed by atoms with Gasteiger partial charge in [-0.1, -0.05) is 6.07 Å². The van der Waals surface area contributed by atoms with Crippen LogP contribution in [0.4, 0.5) is 0 Å². The van der Waals surface area contributed by atoms with Crippen molar-refractivity contribution in [2.75, 3.05) is 6.54 Å². The first-order chi connectivity index (χ1) is 6.31. The van der Waals surface area contributed by atoms with Crippen molar-refractivity contribution >= 4 is 5.91 Å². The van der Waals surface area contributed by atoms with Gasteiger partial charge >= 0.3 is 0 Å². The first-order valence-corrected chi connectivity index (χ1v) is 4.52. The van der Waals surface area contributed by atoms with Crippen molar-refractivity contribution in [1.29, 1.82) is 0 Å². The molecule has 0 radical (unpaired) electrons. The van der Waals surface area contributed by atoms with Gasteiger partial charge in [-0.15, -0.1) is 0 Å². The van der Waals surface area contributed by atoms with Crippen LogP contribution < -0.4 is 0 Å². The molecule has 0 atom stereocenters. The van der Waals surface area contributed by atoms with Crippen LogP contribution in [0, 0.1) is 0 Å². The maximum atomic E-state index is 11.5. The Morgan fingerprint density at radius 1 is 1.62 bits per heavy atom. The number of aromatic nitrogens is 1. The number of nitrogens with zero attached hydrogens (tertiary/aromatic N) is 2. The largest absolute Gasteiger partial charge is 0.338 e. The van der Waals surface area contributed by atoms with E-state index in [0.29, 0.717) is 6.42 Å². The van der Waals surface area contributed by atoms with E-state index in [-0.39, 0.29) is 5.91 Å². The van der Waals surface area contributed by atoms with Crippen molar-refractivity contribution < 1.29 is 4.79 Å². The van der Waals surface area contributed by atoms with E-state index in [1.54, 1.807) is 6.20 Å². The van der Waals surface area contributed by atoms with Gasteiger partial charge in [0, 0.05) is 19.3 Å². The van der Waals surface area contributed by atoms with Gasteiger partial charge in [0.1, 0.15) is 0 Å². The molecule has 0 spiro atoms. The zero-order valence-corrected chi connectivity index (χ0v) is 7.66. The Hall–Kier alpha value is -1.38. The molecule has 1 aliphatic rings. The molecular formula is C10H12N2O. The second-order valence-electron chi connectivity index (χ2n) is 3.19. The summed E-state index contributed by atoms with van der Waals surface area (Å²) >= 11 is 0. The van der Waals surface area contributed by atoms with Crippen molar-refractivity contribution in [1.82, 2.24) is 9.88 Å². The molecule has 0 saturated heterocycles. The van der Waals surface area contributed by atoms with Gasteiger partial charge in [-0.2, -0.15) is 0 Å². The zero-order valence-electron chi connectivity index (χ0n) is 7.66. The van der Waals surface area contributed by atoms with Crippen molar-refractivity contribution in [3.63, 3.8) is 0 Å². The number of rotatable bonds is 1. The summed E-state index contributed by atoms with van der Waals surface area (Å²) in [6, 6.07) is 3.96. The monoisotopic (exact) mass is 176 g/mol. The van der Waals surface area contributed by atoms with Crippen LogP contribution in [0.25, 0.3) is 0 Å². The summed E-state index contributed by atoms with van der Waals surface area (Å²) in [5, 5.41) is 0. The van der Waals surface area contributed by atoms with E-state index in [2.05, 4.69) is 4.98 Å². The number of fused-ring (bicyclic) bond motifs is 1. The molecular weight excluding hydrogens is 164 g/mol. The second kappa shape index (κ2) is 3.17. The van der Waals surface area contributed by atoms with E-state index in [4.69, 9.17) is 0 Å². The van der Waals surface area contributed by atoms with Gasteiger partial charge in [-0.25, -0.2) is 0 Å². The van der Waals surface area contributed by atoms with Crippen LogP contribution >= 0.6 is 0 Å². The molecule has 0 unspecified atom stereocenters. The molecule has 0 bridgehead atoms. The number of hydrogen-bond donors (Lipinski definition) is 0. The van der Waals surface area contributed by atoms with Crippen LogP contribution in [-0.4, -0.2) is 22.3 Å². The summed E-state index contributed by atoms with van der Waals surface area (Å²) in [6.07, 6.45) is 2.21. The molecule has 0 N–H and O–H groups in total. The fourth-order valence-corrected chi connectivity index (χ4v) is 1.61. The molecule has 1 amide bonds. The van der Waals surface area contributed by atoms with Crippen molar-refractivity contribution in [2.45, 2.75) is 19.9 Å². The van der Waals surface area contributed by atoms with Crippen LogP contribution in [0.5, 0.6) is 0 Å². The summed E-state index contributed by atoms with van der Waals surface area (Å²) in [5.74, 6) is 0.189. The Morgan fingerprint density at radius 2 is 2.46 bits per heavy atom. The Labute approximate surface area is 77.4 Å². The average molecular weight is 176 g/mol. The van der Waals surface area contributed by atoms with Crippen molar-refractivity contribution in [2.24, 2.45) is 0 Å². The number of carbonyl (C=O) groups is 1. The van der Waals surface area contributed by atoms with Gasteiger partial charge in [0.15, 0.2) is 0 Å². The molecule has 0 aromatic carbocycles. The molecule has 0 aliphatic carbocycles. The predicted octanol–water partition coefficient (Wildman–Crippen LogP) is 0.986. The number of hydrogen-bond acceptors (Lipinski definition) is 2. The minimum atomic E-state index is 0.189. The lowest BCUT2D eigenvalue weighted by Crippen LogP contribution is -2.36. The fourth-order valence-electron chi connectivity index (χ4n) is 1.61. The smallest absolute Gasteiger partial charge is 0.228 e. The molecule has 0 saturated carbocycles. The summed E-state index contributed by atoms with van der Waals surface area (Å²) in [7, 11) is 0. The highest BCUT2D eigenvalue weighted by Gasteiger charge is 2.21. The lowest BCUT2D eigenvalue weighted by atomic mass is 10.1. The van der Waals surface area contributed by atoms with Gasteiger partial charge in [-0.3, -0.25) is 9.78 Å². The minimum Gasteiger partial charge on any atom is -0.338 e. The molecule has 2 heterocycles. The second-order valence-corrected chi connectivity index (χ2v) is 3.19. The molecule has 3 nitrogen and oxygen atoms in total. The highest BCUT2D eigenvalue weighted by molar-refractivity contribution is 5.80. The highest BCUT2D eigenvalue weighted by atomic mass is 16.2. The average Bonchev–Trinajstić information content (AvgIpc) is 2.17. The van der Waals surface area contributed by atoms with E-state index in [1.165, 1.54) is 5.56 Å². The number of carbonyl (C=O) groups excluding carboxylic acids is 1. The topological polar surface area (TPSA) is 33.2 Å². The Balaban J connectivity index is 2.33. The maximum Gasteiger partial charge on any atom is 0.228 e. The van der Waals surface area contributed by atoms with Crippen LogP contribution in [-0.2, 0) is 17.8 Å². The third-order valence-electron chi connectivity index (χ3n) is 2.40. The zero-order chi connectivity index (χ0) is 9.26. The molecule has 1 aromatic rings. The van der Waals surface area contributed by atoms with Crippen LogP contribution in [0.15, 0.2) is 18.3 Å². The summed E-state index contributed by atoms with van der Waals surface area (Å²) < 4.78 is 0. The van der Waals surface area contributed by atoms with Gasteiger partial charge in [-0.05, 0) is 18.6 Å². The number of likely N-dealkylation sites (N-methyl/N-ethyl adjacent to an activating group) is 1. The molecule has 0 fully saturated rings. The van der Waals surface area contributed by atoms with Gasteiger partial charge < -0.3 is 4.90 Å². The van der Waals surface area contributed by atoms with Crippen molar-refractivity contribution in [3.05, 3.63) is 29.6 Å². The molecule has 1 aliphatic heterocycles. The van der Waals surface area contributed by atoms with Crippen LogP contribution in [0.3, 0.4) is 0 Å². The van der Waals surface area contributed by atoms with Crippen molar-refractivity contribution in [3.8, 4) is 0 Å². The third-order valence-corrected chi connectivity index (χ3v) is 2.40. The van der Waals surface area contributed by atoms with E-state index in [1.807, 2.05) is 24.0 Å². The lowest BCUT2D eigenvalue weighted by molar-refractivity contribution is -0.131. The van der Waals surface area contributed by atoms with Gasteiger partial charge in [0.25, 0.3) is 0 Å². The molecule has 2 rings (SSSR count). The number of amides is 1. The van der Waals surface area contributed by atoms with Gasteiger partial charge in [0.05, 0.1) is 12.1 Å². The van der Waals surface area contributed by atoms with E-state index < -0.39 is 0 Å². The van der Waals surface area contributed by atoms with E-state index in [0.717, 1.165) is 18.8 Å². The molecule has 3 heteroatoms. The Kier molecular flexibility index (Phi) is 2.00. The fraction of sp³-hybridized carbons (Fsp3) is 0.400. The highest BCUT2D eigenvalue weighted by Crippen LogP contribution is 2.16. The van der Waals surface area contributed by atoms with E-state index in [9.17, 15) is 4.79 Å². The van der Waals surface area contributed by atoms with Crippen LogP contribution in [0.2, 0.25) is 0 Å². The first kappa shape index (κ1) is 8.23.